The number of anilines is 1. The number of hydrogen-bond donors (Lipinski definition) is 2. The second-order valence-corrected chi connectivity index (χ2v) is 9.50. The Labute approximate surface area is 214 Å². The Bertz CT molecular complexity index is 1620. The minimum atomic E-state index is -2.06. The second kappa shape index (κ2) is 10.1. The van der Waals surface area contributed by atoms with Crippen molar-refractivity contribution < 1.29 is 14.4 Å². The molecule has 4 aromatic rings. The lowest BCUT2D eigenvalue weighted by atomic mass is 9.75. The van der Waals surface area contributed by atoms with Crippen LogP contribution >= 0.6 is 0 Å². The number of carbonyl (C=O) groups excluding carboxylic acids is 1. The number of nitrogens with one attached hydrogen (secondary N) is 1. The number of rotatable bonds is 5. The molecule has 0 saturated carbocycles. The quantitative estimate of drug-likeness (QED) is 0.398. The van der Waals surface area contributed by atoms with Gasteiger partial charge in [0.05, 0.1) is 22.7 Å². The van der Waals surface area contributed by atoms with Gasteiger partial charge in [0, 0.05) is 23.1 Å². The molecule has 7 heteroatoms. The van der Waals surface area contributed by atoms with Gasteiger partial charge in [-0.3, -0.25) is 4.79 Å². The highest BCUT2D eigenvalue weighted by Crippen LogP contribution is 2.33. The molecule has 0 saturated heterocycles. The molecule has 1 atom stereocenters. The van der Waals surface area contributed by atoms with Crippen molar-refractivity contribution in [3.63, 3.8) is 0 Å². The normalized spacial score (nSPS) is 12.6. The third-order valence-corrected chi connectivity index (χ3v) is 6.21. The molecule has 0 aliphatic carbocycles. The molecule has 37 heavy (non-hydrogen) atoms. The van der Waals surface area contributed by atoms with Gasteiger partial charge in [-0.25, -0.2) is 4.79 Å². The van der Waals surface area contributed by atoms with Gasteiger partial charge in [0.15, 0.2) is 0 Å². The molecule has 1 unspecified atom stereocenters. The first-order chi connectivity index (χ1) is 17.6. The van der Waals surface area contributed by atoms with E-state index in [1.54, 1.807) is 49.4 Å². The highest BCUT2D eigenvalue weighted by molar-refractivity contribution is 6.01. The number of carbonyl (C=O) groups is 1. The standard InChI is InChI=1S/C30H25N3O4/c1-20-26-17-24(13-14-25(26)27(34)37-33-20)32-28(35)30(36,16-15-21-9-11-22(18-31)12-10-21)19-29(2,3)23-7-5-4-6-8-23/h4-14,17,36H,19H2,1-3H3,(H,32,35). The monoisotopic (exact) mass is 491 g/mol. The first kappa shape index (κ1) is 25.4. The van der Waals surface area contributed by atoms with Crippen LogP contribution in [0.4, 0.5) is 5.69 Å². The van der Waals surface area contributed by atoms with E-state index < -0.39 is 22.5 Å². The van der Waals surface area contributed by atoms with Crippen molar-refractivity contribution in [1.82, 2.24) is 5.16 Å². The predicted octanol–water partition coefficient (Wildman–Crippen LogP) is 4.46. The van der Waals surface area contributed by atoms with Crippen molar-refractivity contribution in [2.75, 3.05) is 5.32 Å². The number of hydrogen-bond acceptors (Lipinski definition) is 6. The summed E-state index contributed by atoms with van der Waals surface area (Å²) in [5, 5.41) is 28.1. The largest absolute Gasteiger partial charge is 0.369 e. The van der Waals surface area contributed by atoms with Crippen LogP contribution in [0.3, 0.4) is 0 Å². The fourth-order valence-corrected chi connectivity index (χ4v) is 4.16. The third-order valence-electron chi connectivity index (χ3n) is 6.21. The molecule has 1 amide bonds. The summed E-state index contributed by atoms with van der Waals surface area (Å²) >= 11 is 0. The van der Waals surface area contributed by atoms with Crippen molar-refractivity contribution in [3.8, 4) is 17.9 Å². The molecule has 0 spiro atoms. The maximum Gasteiger partial charge on any atom is 0.366 e. The lowest BCUT2D eigenvalue weighted by molar-refractivity contribution is -0.130. The maximum atomic E-state index is 13.6. The fraction of sp³-hybridized carbons (Fsp3) is 0.200. The molecule has 0 aliphatic rings. The van der Waals surface area contributed by atoms with Crippen LogP contribution in [0.2, 0.25) is 0 Å². The summed E-state index contributed by atoms with van der Waals surface area (Å²) in [6.45, 7) is 5.57. The van der Waals surface area contributed by atoms with Crippen LogP contribution in [0.25, 0.3) is 10.8 Å². The molecule has 3 aromatic carbocycles. The van der Waals surface area contributed by atoms with Gasteiger partial charge in [-0.05, 0) is 60.4 Å². The molecule has 0 radical (unpaired) electrons. The smallest absolute Gasteiger partial charge is 0.366 e. The Balaban J connectivity index is 1.71. The highest BCUT2D eigenvalue weighted by Gasteiger charge is 2.41. The summed E-state index contributed by atoms with van der Waals surface area (Å²) in [4.78, 5) is 25.5. The first-order valence-electron chi connectivity index (χ1n) is 11.6. The SMILES string of the molecule is Cc1noc(=O)c2ccc(NC(=O)C(O)(C#Cc3ccc(C#N)cc3)CC(C)(C)c3ccccc3)cc12. The van der Waals surface area contributed by atoms with Crippen LogP contribution in [0.1, 0.15) is 42.7 Å². The first-order valence-corrected chi connectivity index (χ1v) is 11.6. The topological polar surface area (TPSA) is 116 Å². The number of nitriles is 1. The molecule has 0 bridgehead atoms. The number of fused-ring (bicyclic) bond motifs is 1. The average Bonchev–Trinajstić information content (AvgIpc) is 2.90. The van der Waals surface area contributed by atoms with Crippen LogP contribution in [-0.2, 0) is 10.2 Å². The van der Waals surface area contributed by atoms with Crippen LogP contribution in [0.15, 0.2) is 82.1 Å². The zero-order chi connectivity index (χ0) is 26.6. The van der Waals surface area contributed by atoms with Gasteiger partial charge in [0.2, 0.25) is 5.60 Å². The molecule has 0 fully saturated rings. The van der Waals surface area contributed by atoms with Gasteiger partial charge in [-0.15, -0.1) is 0 Å². The summed E-state index contributed by atoms with van der Waals surface area (Å²) in [6, 6.07) is 22.9. The summed E-state index contributed by atoms with van der Waals surface area (Å²) in [5.41, 5.74) is -0.383. The van der Waals surface area contributed by atoms with E-state index >= 15 is 0 Å². The molecule has 7 nitrogen and oxygen atoms in total. The number of aliphatic hydroxyl groups is 1. The lowest BCUT2D eigenvalue weighted by Crippen LogP contribution is -2.46. The van der Waals surface area contributed by atoms with E-state index in [9.17, 15) is 14.7 Å². The average molecular weight is 492 g/mol. The van der Waals surface area contributed by atoms with Crippen molar-refractivity contribution in [1.29, 1.82) is 5.26 Å². The highest BCUT2D eigenvalue weighted by atomic mass is 16.5. The van der Waals surface area contributed by atoms with Gasteiger partial charge in [0.1, 0.15) is 0 Å². The Morgan fingerprint density at radius 1 is 1.03 bits per heavy atom. The Kier molecular flexibility index (Phi) is 6.93. The minimum Gasteiger partial charge on any atom is -0.369 e. The molecule has 4 rings (SSSR count). The van der Waals surface area contributed by atoms with Crippen LogP contribution in [0, 0.1) is 30.1 Å². The zero-order valence-electron chi connectivity index (χ0n) is 20.7. The van der Waals surface area contributed by atoms with Gasteiger partial charge in [-0.2, -0.15) is 5.26 Å². The maximum absolute atomic E-state index is 13.6. The molecular weight excluding hydrogens is 466 g/mol. The van der Waals surface area contributed by atoms with Crippen molar-refractivity contribution >= 4 is 22.4 Å². The molecule has 1 aromatic heterocycles. The summed E-state index contributed by atoms with van der Waals surface area (Å²) in [5.74, 6) is 4.97. The number of nitrogens with zero attached hydrogens (tertiary/aromatic N) is 2. The van der Waals surface area contributed by atoms with E-state index in [1.165, 1.54) is 0 Å². The van der Waals surface area contributed by atoms with E-state index in [1.807, 2.05) is 50.2 Å². The van der Waals surface area contributed by atoms with Gasteiger partial charge >= 0.3 is 5.63 Å². The Hall–Kier alpha value is -4.72. The number of aromatic nitrogens is 1. The summed E-state index contributed by atoms with van der Waals surface area (Å²) in [6.07, 6.45) is 0.0108. The second-order valence-electron chi connectivity index (χ2n) is 9.50. The third kappa shape index (κ3) is 5.59. The van der Waals surface area contributed by atoms with Crippen molar-refractivity contribution in [3.05, 3.63) is 106 Å². The fourth-order valence-electron chi connectivity index (χ4n) is 4.16. The molecule has 184 valence electrons. The van der Waals surface area contributed by atoms with E-state index in [2.05, 4.69) is 22.3 Å². The van der Waals surface area contributed by atoms with Crippen molar-refractivity contribution in [2.45, 2.75) is 38.2 Å². The lowest BCUT2D eigenvalue weighted by Gasteiger charge is -2.32. The van der Waals surface area contributed by atoms with Gasteiger partial charge in [-0.1, -0.05) is 61.2 Å². The summed E-state index contributed by atoms with van der Waals surface area (Å²) < 4.78 is 4.76. The van der Waals surface area contributed by atoms with Crippen molar-refractivity contribution in [2.24, 2.45) is 0 Å². The van der Waals surface area contributed by atoms with E-state index in [-0.39, 0.29) is 6.42 Å². The van der Waals surface area contributed by atoms with E-state index in [4.69, 9.17) is 9.78 Å². The van der Waals surface area contributed by atoms with Gasteiger partial charge < -0.3 is 14.9 Å². The Morgan fingerprint density at radius 2 is 1.70 bits per heavy atom. The number of amides is 1. The molecule has 0 aliphatic heterocycles. The van der Waals surface area contributed by atoms with E-state index in [0.29, 0.717) is 33.3 Å². The molecule has 1 heterocycles. The molecule has 2 N–H and O–H groups in total. The predicted molar refractivity (Wildman–Crippen MR) is 141 cm³/mol. The van der Waals surface area contributed by atoms with Crippen LogP contribution in [-0.4, -0.2) is 21.8 Å². The number of aryl methyl sites for hydroxylation is 1. The summed E-state index contributed by atoms with van der Waals surface area (Å²) in [7, 11) is 0. The molecular formula is C30H25N3O4. The van der Waals surface area contributed by atoms with Crippen LogP contribution in [0.5, 0.6) is 0 Å². The van der Waals surface area contributed by atoms with Gasteiger partial charge in [0.25, 0.3) is 5.91 Å². The zero-order valence-corrected chi connectivity index (χ0v) is 20.7. The number of benzene rings is 3. The Morgan fingerprint density at radius 3 is 2.38 bits per heavy atom. The van der Waals surface area contributed by atoms with E-state index in [0.717, 1.165) is 5.56 Å². The van der Waals surface area contributed by atoms with Crippen LogP contribution < -0.4 is 10.9 Å². The minimum absolute atomic E-state index is 0.0108.